The monoisotopic (exact) mass is 447 g/mol. The molecule has 0 spiro atoms. The van der Waals surface area contributed by atoms with E-state index in [1.807, 2.05) is 48.5 Å². The molecule has 0 aliphatic carbocycles. The zero-order valence-corrected chi connectivity index (χ0v) is 18.3. The minimum atomic E-state index is -0.0735. The van der Waals surface area contributed by atoms with Crippen LogP contribution in [0.25, 0.3) is 37.4 Å². The maximum Gasteiger partial charge on any atom is 0.275 e. The maximum absolute atomic E-state index is 13.3. The van der Waals surface area contributed by atoms with Crippen molar-refractivity contribution in [1.29, 1.82) is 0 Å². The number of nitrogens with zero attached hydrogens (tertiary/aromatic N) is 5. The number of thiophene rings is 1. The summed E-state index contributed by atoms with van der Waals surface area (Å²) in [5.41, 5.74) is 4.40. The number of rotatable bonds is 2. The number of fused-ring (bicyclic) bond motifs is 4. The summed E-state index contributed by atoms with van der Waals surface area (Å²) in [6.07, 6.45) is 2.71. The number of benzene rings is 2. The second-order valence-electron chi connectivity index (χ2n) is 7.76. The summed E-state index contributed by atoms with van der Waals surface area (Å²) in [6, 6.07) is 15.6. The molecule has 154 valence electrons. The van der Waals surface area contributed by atoms with Crippen LogP contribution in [0.15, 0.2) is 59.7 Å². The molecule has 5 aromatic rings. The van der Waals surface area contributed by atoms with Crippen LogP contribution in [0.1, 0.15) is 6.42 Å². The van der Waals surface area contributed by atoms with Gasteiger partial charge in [0.05, 0.1) is 22.2 Å². The van der Waals surface area contributed by atoms with Crippen molar-refractivity contribution in [3.05, 3.63) is 70.2 Å². The molecule has 0 fully saturated rings. The zero-order valence-electron chi connectivity index (χ0n) is 16.7. The van der Waals surface area contributed by atoms with Gasteiger partial charge in [0.2, 0.25) is 5.95 Å². The van der Waals surface area contributed by atoms with E-state index in [1.54, 1.807) is 10.9 Å². The maximum atomic E-state index is 13.3. The van der Waals surface area contributed by atoms with Crippen LogP contribution in [-0.2, 0) is 6.54 Å². The van der Waals surface area contributed by atoms with Gasteiger partial charge in [0.25, 0.3) is 5.56 Å². The lowest BCUT2D eigenvalue weighted by atomic mass is 10.2. The summed E-state index contributed by atoms with van der Waals surface area (Å²) in [5, 5.41) is 0.688. The molecule has 0 bridgehead atoms. The predicted octanol–water partition coefficient (Wildman–Crippen LogP) is 4.96. The predicted molar refractivity (Wildman–Crippen MR) is 127 cm³/mol. The van der Waals surface area contributed by atoms with Gasteiger partial charge in [-0.25, -0.2) is 9.97 Å². The molecule has 31 heavy (non-hydrogen) atoms. The Morgan fingerprint density at radius 1 is 1.03 bits per heavy atom. The van der Waals surface area contributed by atoms with Crippen molar-refractivity contribution in [2.75, 3.05) is 18.5 Å². The number of halogens is 1. The third-order valence-corrected chi connectivity index (χ3v) is 7.19. The van der Waals surface area contributed by atoms with Crippen molar-refractivity contribution in [2.24, 2.45) is 0 Å². The quantitative estimate of drug-likeness (QED) is 0.384. The van der Waals surface area contributed by atoms with E-state index in [-0.39, 0.29) is 5.56 Å². The molecule has 4 heterocycles. The highest BCUT2D eigenvalue weighted by molar-refractivity contribution is 7.22. The van der Waals surface area contributed by atoms with E-state index in [9.17, 15) is 4.79 Å². The molecular weight excluding hydrogens is 430 g/mol. The van der Waals surface area contributed by atoms with Gasteiger partial charge in [-0.2, -0.15) is 0 Å². The summed E-state index contributed by atoms with van der Waals surface area (Å²) in [4.78, 5) is 25.8. The van der Waals surface area contributed by atoms with Crippen molar-refractivity contribution in [3.8, 4) is 16.1 Å². The lowest BCUT2D eigenvalue weighted by molar-refractivity contribution is 0.591. The van der Waals surface area contributed by atoms with Crippen LogP contribution in [0, 0.1) is 0 Å². The van der Waals surface area contributed by atoms with Crippen LogP contribution in [0.4, 0.5) is 5.95 Å². The fourth-order valence-electron chi connectivity index (χ4n) is 4.19. The largest absolute Gasteiger partial charge is 0.345 e. The van der Waals surface area contributed by atoms with Gasteiger partial charge in [-0.15, -0.1) is 11.3 Å². The Balaban J connectivity index is 1.47. The van der Waals surface area contributed by atoms with Gasteiger partial charge in [-0.3, -0.25) is 9.36 Å². The Hall–Kier alpha value is -3.16. The van der Waals surface area contributed by atoms with Gasteiger partial charge in [0.1, 0.15) is 11.0 Å². The molecule has 0 radical (unpaired) electrons. The molecule has 0 atom stereocenters. The molecule has 1 aliphatic heterocycles. The van der Waals surface area contributed by atoms with E-state index in [4.69, 9.17) is 16.6 Å². The number of aromatic nitrogens is 4. The molecule has 1 aliphatic rings. The summed E-state index contributed by atoms with van der Waals surface area (Å²) in [7, 11) is 2.06. The zero-order chi connectivity index (χ0) is 21.1. The Morgan fingerprint density at radius 2 is 1.87 bits per heavy atom. The third kappa shape index (κ3) is 2.96. The van der Waals surface area contributed by atoms with E-state index in [0.29, 0.717) is 15.2 Å². The number of anilines is 1. The molecule has 0 unspecified atom stereocenters. The van der Waals surface area contributed by atoms with Crippen LogP contribution >= 0.6 is 22.9 Å². The molecule has 0 amide bonds. The van der Waals surface area contributed by atoms with E-state index in [0.717, 1.165) is 52.6 Å². The molecule has 8 heteroatoms. The molecule has 6 rings (SSSR count). The first-order valence-corrected chi connectivity index (χ1v) is 11.3. The van der Waals surface area contributed by atoms with Gasteiger partial charge in [0, 0.05) is 30.0 Å². The summed E-state index contributed by atoms with van der Waals surface area (Å²) in [5.74, 6) is 0.977. The number of hydrogen-bond acceptors (Lipinski definition) is 5. The SMILES string of the molecule is CN1CCCn2c1nc1cc(-n3cnc4cc(-c5ccc(Cl)cc5)sc4c3=O)ccc12. The molecular formula is C23H18ClN5OS. The van der Waals surface area contributed by atoms with Gasteiger partial charge in [0.15, 0.2) is 0 Å². The summed E-state index contributed by atoms with van der Waals surface area (Å²) < 4.78 is 4.48. The molecule has 6 nitrogen and oxygen atoms in total. The summed E-state index contributed by atoms with van der Waals surface area (Å²) >= 11 is 7.46. The van der Waals surface area contributed by atoms with Crippen molar-refractivity contribution in [3.63, 3.8) is 0 Å². The molecule has 0 saturated heterocycles. The topological polar surface area (TPSA) is 56.0 Å². The second kappa shape index (κ2) is 6.93. The smallest absolute Gasteiger partial charge is 0.275 e. The first-order chi connectivity index (χ1) is 15.1. The summed E-state index contributed by atoms with van der Waals surface area (Å²) in [6.45, 7) is 1.97. The number of imidazole rings is 1. The molecule has 2 aromatic carbocycles. The van der Waals surface area contributed by atoms with E-state index < -0.39 is 0 Å². The molecule has 3 aromatic heterocycles. The van der Waals surface area contributed by atoms with Crippen molar-refractivity contribution in [1.82, 2.24) is 19.1 Å². The lowest BCUT2D eigenvalue weighted by Crippen LogP contribution is -2.28. The van der Waals surface area contributed by atoms with E-state index >= 15 is 0 Å². The number of aryl methyl sites for hydroxylation is 1. The molecule has 0 N–H and O–H groups in total. The van der Waals surface area contributed by atoms with Crippen molar-refractivity contribution >= 4 is 50.1 Å². The minimum absolute atomic E-state index is 0.0735. The van der Waals surface area contributed by atoms with Crippen molar-refractivity contribution < 1.29 is 0 Å². The normalized spacial score (nSPS) is 13.8. The van der Waals surface area contributed by atoms with Crippen molar-refractivity contribution in [2.45, 2.75) is 13.0 Å². The van der Waals surface area contributed by atoms with Crippen LogP contribution in [0.2, 0.25) is 5.02 Å². The van der Waals surface area contributed by atoms with Crippen LogP contribution in [0.5, 0.6) is 0 Å². The standard InChI is InChI=1S/C23H18ClN5OS/c1-27-9-2-10-28-19-8-7-16(11-17(19)26-23(27)28)29-13-25-18-12-20(31-21(18)22(29)30)14-3-5-15(24)6-4-14/h3-8,11-13H,2,9-10H2,1H3. The van der Waals surface area contributed by atoms with Gasteiger partial charge >= 0.3 is 0 Å². The fourth-order valence-corrected chi connectivity index (χ4v) is 5.36. The van der Waals surface area contributed by atoms with Gasteiger partial charge < -0.3 is 9.47 Å². The fraction of sp³-hybridized carbons (Fsp3) is 0.174. The first kappa shape index (κ1) is 18.6. The van der Waals surface area contributed by atoms with Crippen LogP contribution in [-0.4, -0.2) is 32.7 Å². The average Bonchev–Trinajstić information content (AvgIpc) is 3.37. The Labute approximate surface area is 187 Å². The molecule has 0 saturated carbocycles. The lowest BCUT2D eigenvalue weighted by Gasteiger charge is -2.24. The van der Waals surface area contributed by atoms with Gasteiger partial charge in [-0.1, -0.05) is 23.7 Å². The second-order valence-corrected chi connectivity index (χ2v) is 9.25. The Kier molecular flexibility index (Phi) is 4.16. The Morgan fingerprint density at radius 3 is 2.71 bits per heavy atom. The average molecular weight is 448 g/mol. The third-order valence-electron chi connectivity index (χ3n) is 5.77. The van der Waals surface area contributed by atoms with Crippen LogP contribution < -0.4 is 10.5 Å². The van der Waals surface area contributed by atoms with E-state index in [2.05, 4.69) is 21.5 Å². The highest BCUT2D eigenvalue weighted by Crippen LogP contribution is 2.32. The van der Waals surface area contributed by atoms with Gasteiger partial charge in [-0.05, 0) is 48.4 Å². The number of hydrogen-bond donors (Lipinski definition) is 0. The Bertz CT molecular complexity index is 1520. The highest BCUT2D eigenvalue weighted by atomic mass is 35.5. The van der Waals surface area contributed by atoms with Crippen LogP contribution in [0.3, 0.4) is 0 Å². The first-order valence-electron chi connectivity index (χ1n) is 10.1. The van der Waals surface area contributed by atoms with E-state index in [1.165, 1.54) is 11.3 Å². The minimum Gasteiger partial charge on any atom is -0.345 e. The highest BCUT2D eigenvalue weighted by Gasteiger charge is 2.19.